The molecule has 0 spiro atoms. The molecule has 0 aromatic heterocycles. The van der Waals surface area contributed by atoms with Gasteiger partial charge in [-0.25, -0.2) is 0 Å². The van der Waals surface area contributed by atoms with Crippen LogP contribution in [0.1, 0.15) is 32.3 Å². The van der Waals surface area contributed by atoms with Crippen molar-refractivity contribution >= 4 is 0 Å². The predicted molar refractivity (Wildman–Crippen MR) is 70.8 cm³/mol. The van der Waals surface area contributed by atoms with E-state index >= 15 is 0 Å². The second kappa shape index (κ2) is 7.96. The van der Waals surface area contributed by atoms with Gasteiger partial charge >= 0.3 is 0 Å². The summed E-state index contributed by atoms with van der Waals surface area (Å²) in [6, 6.07) is 6.08. The Hall–Kier alpha value is -1.22. The molecule has 1 N–H and O–H groups in total. The molecular formula is C14H23NO2. The van der Waals surface area contributed by atoms with Crippen molar-refractivity contribution in [2.24, 2.45) is 0 Å². The molecule has 1 aromatic carbocycles. The van der Waals surface area contributed by atoms with Crippen LogP contribution in [-0.4, -0.2) is 20.3 Å². The highest BCUT2D eigenvalue weighted by Gasteiger charge is 2.05. The van der Waals surface area contributed by atoms with Crippen LogP contribution in [0.5, 0.6) is 11.5 Å². The zero-order valence-electron chi connectivity index (χ0n) is 11.1. The fourth-order valence-electron chi connectivity index (χ4n) is 1.54. The molecule has 0 unspecified atom stereocenters. The van der Waals surface area contributed by atoms with Crippen LogP contribution in [0.25, 0.3) is 0 Å². The quantitative estimate of drug-likeness (QED) is 0.705. The molecule has 0 amide bonds. The number of hydrogen-bond donors (Lipinski definition) is 1. The van der Waals surface area contributed by atoms with E-state index in [4.69, 9.17) is 9.47 Å². The van der Waals surface area contributed by atoms with Gasteiger partial charge in [-0.1, -0.05) is 26.3 Å². The Morgan fingerprint density at radius 1 is 1.18 bits per heavy atom. The van der Waals surface area contributed by atoms with E-state index in [1.807, 2.05) is 6.07 Å². The van der Waals surface area contributed by atoms with Gasteiger partial charge in [0.05, 0.1) is 13.7 Å². The highest BCUT2D eigenvalue weighted by atomic mass is 16.5. The number of methoxy groups -OCH3 is 1. The zero-order chi connectivity index (χ0) is 12.5. The van der Waals surface area contributed by atoms with Crippen LogP contribution < -0.4 is 14.8 Å². The molecule has 0 aliphatic carbocycles. The predicted octanol–water partition coefficient (Wildman–Crippen LogP) is 2.98. The van der Waals surface area contributed by atoms with E-state index in [-0.39, 0.29) is 0 Å². The smallest absolute Gasteiger partial charge is 0.161 e. The number of unbranched alkanes of at least 4 members (excludes halogenated alkanes) is 1. The van der Waals surface area contributed by atoms with Gasteiger partial charge in [0.25, 0.3) is 0 Å². The maximum absolute atomic E-state index is 5.74. The van der Waals surface area contributed by atoms with Gasteiger partial charge in [-0.05, 0) is 30.7 Å². The Labute approximate surface area is 104 Å². The van der Waals surface area contributed by atoms with Crippen molar-refractivity contribution in [2.75, 3.05) is 20.3 Å². The minimum absolute atomic E-state index is 0.748. The first-order valence-electron chi connectivity index (χ1n) is 6.32. The molecule has 3 nitrogen and oxygen atoms in total. The van der Waals surface area contributed by atoms with Gasteiger partial charge in [0.15, 0.2) is 11.5 Å². The van der Waals surface area contributed by atoms with Crippen molar-refractivity contribution < 1.29 is 9.47 Å². The molecule has 0 fully saturated rings. The SMILES string of the molecule is CCCCOc1cc(CNCC)ccc1OC. The Bertz CT molecular complexity index is 326. The van der Waals surface area contributed by atoms with Crippen LogP contribution in [0.4, 0.5) is 0 Å². The Morgan fingerprint density at radius 3 is 2.65 bits per heavy atom. The largest absolute Gasteiger partial charge is 0.493 e. The molecule has 0 bridgehead atoms. The Kier molecular flexibility index (Phi) is 6.48. The van der Waals surface area contributed by atoms with Gasteiger partial charge in [-0.15, -0.1) is 0 Å². The highest BCUT2D eigenvalue weighted by molar-refractivity contribution is 5.42. The van der Waals surface area contributed by atoms with E-state index in [1.165, 1.54) is 5.56 Å². The summed E-state index contributed by atoms with van der Waals surface area (Å²) in [5.41, 5.74) is 1.22. The lowest BCUT2D eigenvalue weighted by atomic mass is 10.2. The molecule has 3 heteroatoms. The lowest BCUT2D eigenvalue weighted by Crippen LogP contribution is -2.11. The topological polar surface area (TPSA) is 30.5 Å². The monoisotopic (exact) mass is 237 g/mol. The van der Waals surface area contributed by atoms with Crippen molar-refractivity contribution in [3.8, 4) is 11.5 Å². The molecule has 17 heavy (non-hydrogen) atoms. The van der Waals surface area contributed by atoms with Crippen LogP contribution in [0.3, 0.4) is 0 Å². The second-order valence-corrected chi connectivity index (χ2v) is 3.97. The lowest BCUT2D eigenvalue weighted by molar-refractivity contribution is 0.288. The Morgan fingerprint density at radius 2 is 2.00 bits per heavy atom. The van der Waals surface area contributed by atoms with Gasteiger partial charge in [0.1, 0.15) is 0 Å². The third-order valence-electron chi connectivity index (χ3n) is 2.56. The molecule has 0 saturated heterocycles. The standard InChI is InChI=1S/C14H23NO2/c1-4-6-9-17-14-10-12(11-15-5-2)7-8-13(14)16-3/h7-8,10,15H,4-6,9,11H2,1-3H3. The molecule has 0 atom stereocenters. The van der Waals surface area contributed by atoms with Gasteiger partial charge in [0.2, 0.25) is 0 Å². The number of nitrogens with one attached hydrogen (secondary N) is 1. The van der Waals surface area contributed by atoms with E-state index in [1.54, 1.807) is 7.11 Å². The fourth-order valence-corrected chi connectivity index (χ4v) is 1.54. The van der Waals surface area contributed by atoms with E-state index in [9.17, 15) is 0 Å². The molecule has 1 aromatic rings. The average molecular weight is 237 g/mol. The van der Waals surface area contributed by atoms with E-state index in [2.05, 4.69) is 31.3 Å². The third kappa shape index (κ3) is 4.65. The molecule has 96 valence electrons. The summed E-state index contributed by atoms with van der Waals surface area (Å²) in [5.74, 6) is 1.65. The summed E-state index contributed by atoms with van der Waals surface area (Å²) >= 11 is 0. The molecule has 0 aliphatic rings. The maximum Gasteiger partial charge on any atom is 0.161 e. The third-order valence-corrected chi connectivity index (χ3v) is 2.56. The summed E-state index contributed by atoms with van der Waals surface area (Å²) in [6.07, 6.45) is 2.21. The van der Waals surface area contributed by atoms with Crippen molar-refractivity contribution in [1.82, 2.24) is 5.32 Å². The first-order valence-corrected chi connectivity index (χ1v) is 6.32. The normalized spacial score (nSPS) is 10.3. The summed E-state index contributed by atoms with van der Waals surface area (Å²) in [5, 5.41) is 3.30. The van der Waals surface area contributed by atoms with Gasteiger partial charge in [0, 0.05) is 6.54 Å². The molecule has 0 saturated carbocycles. The fraction of sp³-hybridized carbons (Fsp3) is 0.571. The number of hydrogen-bond acceptors (Lipinski definition) is 3. The maximum atomic E-state index is 5.74. The summed E-state index contributed by atoms with van der Waals surface area (Å²) in [4.78, 5) is 0. The molecule has 0 radical (unpaired) electrons. The zero-order valence-corrected chi connectivity index (χ0v) is 11.1. The summed E-state index contributed by atoms with van der Waals surface area (Å²) < 4.78 is 11.0. The second-order valence-electron chi connectivity index (χ2n) is 3.97. The minimum Gasteiger partial charge on any atom is -0.493 e. The molecule has 0 heterocycles. The van der Waals surface area contributed by atoms with Crippen LogP contribution >= 0.6 is 0 Å². The van der Waals surface area contributed by atoms with Crippen molar-refractivity contribution in [3.05, 3.63) is 23.8 Å². The van der Waals surface area contributed by atoms with Gasteiger partial charge in [-0.3, -0.25) is 0 Å². The molecule has 0 aliphatic heterocycles. The molecule has 1 rings (SSSR count). The van der Waals surface area contributed by atoms with Crippen molar-refractivity contribution in [1.29, 1.82) is 0 Å². The first-order chi connectivity index (χ1) is 8.31. The first kappa shape index (κ1) is 13.8. The number of rotatable bonds is 8. The van der Waals surface area contributed by atoms with E-state index in [0.717, 1.165) is 44.0 Å². The minimum atomic E-state index is 0.748. The van der Waals surface area contributed by atoms with Gasteiger partial charge in [-0.2, -0.15) is 0 Å². The number of benzene rings is 1. The average Bonchev–Trinajstić information content (AvgIpc) is 2.37. The number of ether oxygens (including phenoxy) is 2. The van der Waals surface area contributed by atoms with E-state index in [0.29, 0.717) is 0 Å². The molecular weight excluding hydrogens is 214 g/mol. The highest BCUT2D eigenvalue weighted by Crippen LogP contribution is 2.28. The lowest BCUT2D eigenvalue weighted by Gasteiger charge is -2.12. The van der Waals surface area contributed by atoms with E-state index < -0.39 is 0 Å². The van der Waals surface area contributed by atoms with Crippen LogP contribution in [0.15, 0.2) is 18.2 Å². The summed E-state index contributed by atoms with van der Waals surface area (Å²) in [6.45, 7) is 6.84. The Balaban J connectivity index is 2.68. The van der Waals surface area contributed by atoms with Gasteiger partial charge < -0.3 is 14.8 Å². The van der Waals surface area contributed by atoms with Crippen molar-refractivity contribution in [2.45, 2.75) is 33.2 Å². The van der Waals surface area contributed by atoms with Crippen LogP contribution in [0, 0.1) is 0 Å². The van der Waals surface area contributed by atoms with Crippen LogP contribution in [0.2, 0.25) is 0 Å². The summed E-state index contributed by atoms with van der Waals surface area (Å²) in [7, 11) is 1.67. The van der Waals surface area contributed by atoms with Crippen LogP contribution in [-0.2, 0) is 6.54 Å². The van der Waals surface area contributed by atoms with Crippen molar-refractivity contribution in [3.63, 3.8) is 0 Å².